The fourth-order valence-electron chi connectivity index (χ4n) is 4.20. The van der Waals surface area contributed by atoms with E-state index in [1.807, 2.05) is 18.7 Å². The van der Waals surface area contributed by atoms with Crippen molar-refractivity contribution in [1.82, 2.24) is 14.9 Å². The summed E-state index contributed by atoms with van der Waals surface area (Å²) >= 11 is 0. The normalized spacial score (nSPS) is 14.0. The number of sulfonamides is 1. The van der Waals surface area contributed by atoms with Crippen LogP contribution in [0.4, 0.5) is 22.2 Å². The number of carboxylic acid groups (broad SMARTS) is 1. The maximum atomic E-state index is 12.5. The monoisotopic (exact) mass is 560 g/mol. The molecule has 0 aliphatic carbocycles. The van der Waals surface area contributed by atoms with Crippen molar-refractivity contribution in [3.63, 3.8) is 0 Å². The molecule has 1 aromatic carbocycles. The van der Waals surface area contributed by atoms with E-state index in [0.29, 0.717) is 43.4 Å². The van der Waals surface area contributed by atoms with Crippen molar-refractivity contribution in [2.45, 2.75) is 39.2 Å². The predicted molar refractivity (Wildman–Crippen MR) is 150 cm³/mol. The summed E-state index contributed by atoms with van der Waals surface area (Å²) in [6.07, 6.45) is 5.41. The molecule has 2 N–H and O–H groups in total. The number of benzene rings is 1. The maximum Gasteiger partial charge on any atom is 0.415 e. The number of rotatable bonds is 13. The lowest BCUT2D eigenvalue weighted by Crippen LogP contribution is -2.36. The van der Waals surface area contributed by atoms with Gasteiger partial charge in [-0.05, 0) is 44.4 Å². The third kappa shape index (κ3) is 7.82. The highest BCUT2D eigenvalue weighted by Crippen LogP contribution is 2.29. The second-order valence-electron chi connectivity index (χ2n) is 9.10. The molecule has 0 spiro atoms. The Morgan fingerprint density at radius 3 is 2.38 bits per heavy atom. The Labute approximate surface area is 229 Å². The molecule has 2 aromatic rings. The minimum Gasteiger partial charge on any atom is -0.480 e. The van der Waals surface area contributed by atoms with Gasteiger partial charge < -0.3 is 25.0 Å². The molecule has 212 valence electrons. The van der Waals surface area contributed by atoms with Gasteiger partial charge in [-0.1, -0.05) is 18.2 Å². The van der Waals surface area contributed by atoms with Gasteiger partial charge in [-0.25, -0.2) is 23.0 Å². The van der Waals surface area contributed by atoms with E-state index in [0.717, 1.165) is 23.4 Å². The van der Waals surface area contributed by atoms with Crippen molar-refractivity contribution >= 4 is 39.5 Å². The molecule has 13 heteroatoms. The van der Waals surface area contributed by atoms with E-state index in [1.165, 1.54) is 12.3 Å². The van der Waals surface area contributed by atoms with Crippen molar-refractivity contribution < 1.29 is 27.9 Å². The first kappa shape index (κ1) is 29.7. The van der Waals surface area contributed by atoms with E-state index in [4.69, 9.17) is 4.74 Å². The minimum atomic E-state index is -3.75. The summed E-state index contributed by atoms with van der Waals surface area (Å²) in [6, 6.07) is 5.46. The van der Waals surface area contributed by atoms with Gasteiger partial charge in [0.05, 0.1) is 19.0 Å². The Kier molecular flexibility index (Phi) is 10.1. The summed E-state index contributed by atoms with van der Waals surface area (Å²) in [5.74, 6) is -0.372. The number of aliphatic carboxylic acids is 1. The number of hydrogen-bond donors (Lipinski definition) is 2. The molecule has 0 radical (unpaired) electrons. The van der Waals surface area contributed by atoms with Gasteiger partial charge in [0.1, 0.15) is 17.5 Å². The number of hydrogen-bond acceptors (Lipinski definition) is 9. The molecule has 1 aromatic heterocycles. The summed E-state index contributed by atoms with van der Waals surface area (Å²) < 4.78 is 31.6. The Bertz CT molecular complexity index is 1260. The summed E-state index contributed by atoms with van der Waals surface area (Å²) in [6.45, 7) is 10.0. The average Bonchev–Trinajstić information content (AvgIpc) is 3.44. The fraction of sp³-hybridized carbons (Fsp3) is 0.462. The van der Waals surface area contributed by atoms with Crippen molar-refractivity contribution in [2.75, 3.05) is 53.5 Å². The molecule has 0 unspecified atom stereocenters. The molecular weight excluding hydrogens is 524 g/mol. The van der Waals surface area contributed by atoms with Crippen LogP contribution in [0.1, 0.15) is 32.3 Å². The lowest BCUT2D eigenvalue weighted by Gasteiger charge is -2.26. The zero-order chi connectivity index (χ0) is 28.6. The molecule has 1 aliphatic rings. The van der Waals surface area contributed by atoms with Crippen LogP contribution in [0.3, 0.4) is 0 Å². The molecule has 1 amide bonds. The SMILES string of the molecule is C=CCN(c1cnc(N(CC)CC)nc1N[C@@H](Cc1ccc(OC(=O)N2CCCC2)cc1)C(=O)O)S(C)(=O)=O. The molecule has 0 bridgehead atoms. The van der Waals surface area contributed by atoms with Crippen LogP contribution in [0.15, 0.2) is 43.1 Å². The third-order valence-corrected chi connectivity index (χ3v) is 7.46. The highest BCUT2D eigenvalue weighted by atomic mass is 32.2. The first-order valence-corrected chi connectivity index (χ1v) is 14.7. The van der Waals surface area contributed by atoms with Crippen molar-refractivity contribution in [1.29, 1.82) is 0 Å². The van der Waals surface area contributed by atoms with Gasteiger partial charge in [0, 0.05) is 32.6 Å². The summed E-state index contributed by atoms with van der Waals surface area (Å²) in [5.41, 5.74) is 0.783. The summed E-state index contributed by atoms with van der Waals surface area (Å²) in [7, 11) is -3.75. The summed E-state index contributed by atoms with van der Waals surface area (Å²) in [5, 5.41) is 12.9. The molecule has 3 rings (SSSR count). The zero-order valence-electron chi connectivity index (χ0n) is 22.5. The lowest BCUT2D eigenvalue weighted by atomic mass is 10.1. The number of nitrogens with one attached hydrogen (secondary N) is 1. The largest absolute Gasteiger partial charge is 0.480 e. The number of carbonyl (C=O) groups excluding carboxylic acids is 1. The van der Waals surface area contributed by atoms with Crippen molar-refractivity contribution in [3.8, 4) is 5.75 Å². The van der Waals surface area contributed by atoms with Crippen LogP contribution in [0.2, 0.25) is 0 Å². The standard InChI is InChI=1S/C26H36N6O6S/c1-5-14-32(39(4,36)37)22-18-27-25(30(6-2)7-3)29-23(22)28-21(24(33)34)17-19-10-12-20(13-11-19)38-26(35)31-15-8-9-16-31/h5,10-13,18,21H,1,6-9,14-17H2,2-4H3,(H,33,34)(H,27,28,29)/t21-/m0/s1. The van der Waals surface area contributed by atoms with Gasteiger partial charge in [0.2, 0.25) is 16.0 Å². The Balaban J connectivity index is 1.87. The highest BCUT2D eigenvalue weighted by Gasteiger charge is 2.26. The van der Waals surface area contributed by atoms with Crippen LogP contribution < -0.4 is 19.3 Å². The first-order chi connectivity index (χ1) is 18.6. The van der Waals surface area contributed by atoms with E-state index in [9.17, 15) is 23.1 Å². The number of anilines is 3. The van der Waals surface area contributed by atoms with Crippen LogP contribution in [0.25, 0.3) is 0 Å². The Morgan fingerprint density at radius 1 is 1.21 bits per heavy atom. The van der Waals surface area contributed by atoms with Crippen LogP contribution in [0, 0.1) is 0 Å². The van der Waals surface area contributed by atoms with Gasteiger partial charge >= 0.3 is 12.1 Å². The number of amides is 1. The summed E-state index contributed by atoms with van der Waals surface area (Å²) in [4.78, 5) is 36.9. The smallest absolute Gasteiger partial charge is 0.415 e. The Hall–Kier alpha value is -3.87. The average molecular weight is 561 g/mol. The van der Waals surface area contributed by atoms with E-state index in [1.54, 1.807) is 29.2 Å². The number of nitrogens with zero attached hydrogens (tertiary/aromatic N) is 5. The molecule has 1 saturated heterocycles. The van der Waals surface area contributed by atoms with E-state index < -0.39 is 28.1 Å². The quantitative estimate of drug-likeness (QED) is 0.351. The van der Waals surface area contributed by atoms with Crippen LogP contribution >= 0.6 is 0 Å². The minimum absolute atomic E-state index is 0.0448. The van der Waals surface area contributed by atoms with Gasteiger partial charge in [-0.2, -0.15) is 4.98 Å². The Morgan fingerprint density at radius 2 is 1.85 bits per heavy atom. The number of ether oxygens (including phenoxy) is 1. The molecule has 1 aliphatic heterocycles. The first-order valence-electron chi connectivity index (χ1n) is 12.8. The van der Waals surface area contributed by atoms with Crippen molar-refractivity contribution in [3.05, 3.63) is 48.7 Å². The molecular formula is C26H36N6O6S. The highest BCUT2D eigenvalue weighted by molar-refractivity contribution is 7.92. The van der Waals surface area contributed by atoms with Crippen LogP contribution in [-0.4, -0.2) is 85.5 Å². The zero-order valence-corrected chi connectivity index (χ0v) is 23.4. The predicted octanol–water partition coefficient (Wildman–Crippen LogP) is 2.98. The fourth-order valence-corrected chi connectivity index (χ4v) is 5.07. The van der Waals surface area contributed by atoms with Crippen LogP contribution in [-0.2, 0) is 21.2 Å². The van der Waals surface area contributed by atoms with Crippen molar-refractivity contribution in [2.24, 2.45) is 0 Å². The second-order valence-corrected chi connectivity index (χ2v) is 11.0. The maximum absolute atomic E-state index is 12.5. The van der Waals surface area contributed by atoms with Gasteiger partial charge in [0.25, 0.3) is 0 Å². The lowest BCUT2D eigenvalue weighted by molar-refractivity contribution is -0.137. The van der Waals surface area contributed by atoms with Gasteiger partial charge in [0.15, 0.2) is 5.82 Å². The third-order valence-electron chi connectivity index (χ3n) is 6.31. The number of aromatic nitrogens is 2. The second kappa shape index (κ2) is 13.3. The number of carbonyl (C=O) groups is 2. The molecule has 1 fully saturated rings. The molecule has 2 heterocycles. The topological polar surface area (TPSA) is 145 Å². The van der Waals surface area contributed by atoms with E-state index >= 15 is 0 Å². The number of carboxylic acids is 1. The van der Waals surface area contributed by atoms with E-state index in [2.05, 4.69) is 21.9 Å². The molecule has 0 saturated carbocycles. The van der Waals surface area contributed by atoms with Crippen LogP contribution in [0.5, 0.6) is 5.75 Å². The molecule has 12 nitrogen and oxygen atoms in total. The van der Waals surface area contributed by atoms with Gasteiger partial charge in [-0.3, -0.25) is 4.31 Å². The van der Waals surface area contributed by atoms with Gasteiger partial charge in [-0.15, -0.1) is 6.58 Å². The molecule has 1 atom stereocenters. The number of likely N-dealkylation sites (tertiary alicyclic amines) is 1. The van der Waals surface area contributed by atoms with E-state index in [-0.39, 0.29) is 24.5 Å². The molecule has 39 heavy (non-hydrogen) atoms.